The van der Waals surface area contributed by atoms with E-state index in [4.69, 9.17) is 0 Å². The number of aromatic nitrogens is 1. The number of hydrogen-bond donors (Lipinski definition) is 2. The molecule has 1 saturated heterocycles. The monoisotopic (exact) mass is 430 g/mol. The van der Waals surface area contributed by atoms with E-state index in [0.717, 1.165) is 5.56 Å². The highest BCUT2D eigenvalue weighted by molar-refractivity contribution is 7.88. The number of pyridine rings is 1. The Morgan fingerprint density at radius 2 is 1.73 bits per heavy atom. The van der Waals surface area contributed by atoms with Crippen LogP contribution in [0.2, 0.25) is 0 Å². The molecule has 1 fully saturated rings. The summed E-state index contributed by atoms with van der Waals surface area (Å²) in [7, 11) is -3.40. The summed E-state index contributed by atoms with van der Waals surface area (Å²) in [6, 6.07) is 14.3. The lowest BCUT2D eigenvalue weighted by Crippen LogP contribution is -2.43. The molecule has 2 aromatic rings. The van der Waals surface area contributed by atoms with Crippen molar-refractivity contribution in [1.82, 2.24) is 14.6 Å². The van der Waals surface area contributed by atoms with Crippen LogP contribution in [0.15, 0.2) is 54.7 Å². The third-order valence-electron chi connectivity index (χ3n) is 4.99. The van der Waals surface area contributed by atoms with Crippen molar-refractivity contribution in [3.63, 3.8) is 0 Å². The zero-order valence-corrected chi connectivity index (χ0v) is 17.5. The van der Waals surface area contributed by atoms with Gasteiger partial charge < -0.3 is 10.6 Å². The fraction of sp³-hybridized carbons (Fsp3) is 0.381. The van der Waals surface area contributed by atoms with Crippen LogP contribution < -0.4 is 10.6 Å². The van der Waals surface area contributed by atoms with Crippen LogP contribution in [0.5, 0.6) is 0 Å². The lowest BCUT2D eigenvalue weighted by molar-refractivity contribution is -0.126. The summed E-state index contributed by atoms with van der Waals surface area (Å²) in [4.78, 5) is 28.3. The molecule has 30 heavy (non-hydrogen) atoms. The number of rotatable bonds is 8. The molecule has 3 rings (SSSR count). The Balaban J connectivity index is 1.39. The van der Waals surface area contributed by atoms with Gasteiger partial charge in [-0.2, -0.15) is 0 Å². The number of hydrogen-bond acceptors (Lipinski definition) is 5. The minimum Gasteiger partial charge on any atom is -0.355 e. The van der Waals surface area contributed by atoms with Gasteiger partial charge in [0.15, 0.2) is 0 Å². The Kier molecular flexibility index (Phi) is 7.53. The van der Waals surface area contributed by atoms with Crippen LogP contribution in [-0.2, 0) is 25.4 Å². The van der Waals surface area contributed by atoms with E-state index in [2.05, 4.69) is 15.6 Å². The Morgan fingerprint density at radius 1 is 1.03 bits per heavy atom. The fourth-order valence-electron chi connectivity index (χ4n) is 3.36. The van der Waals surface area contributed by atoms with Crippen LogP contribution >= 0.6 is 0 Å². The summed E-state index contributed by atoms with van der Waals surface area (Å²) in [6.45, 7) is 0.880. The van der Waals surface area contributed by atoms with Crippen LogP contribution in [0.3, 0.4) is 0 Å². The molecule has 160 valence electrons. The van der Waals surface area contributed by atoms with E-state index >= 15 is 0 Å². The Bertz CT molecular complexity index is 943. The molecular formula is C21H26N4O4S. The highest BCUT2D eigenvalue weighted by atomic mass is 32.2. The first-order chi connectivity index (χ1) is 14.4. The highest BCUT2D eigenvalue weighted by Crippen LogP contribution is 2.21. The molecule has 0 atom stereocenters. The molecule has 2 heterocycles. The molecule has 0 aliphatic carbocycles. The molecule has 8 nitrogen and oxygen atoms in total. The maximum Gasteiger partial charge on any atom is 0.227 e. The van der Waals surface area contributed by atoms with Gasteiger partial charge in [-0.3, -0.25) is 9.59 Å². The first kappa shape index (κ1) is 21.9. The zero-order chi connectivity index (χ0) is 21.4. The van der Waals surface area contributed by atoms with Crippen LogP contribution in [-0.4, -0.2) is 49.2 Å². The van der Waals surface area contributed by atoms with Gasteiger partial charge >= 0.3 is 0 Å². The van der Waals surface area contributed by atoms with E-state index < -0.39 is 10.0 Å². The van der Waals surface area contributed by atoms with E-state index in [1.807, 2.05) is 18.2 Å². The predicted molar refractivity (Wildman–Crippen MR) is 114 cm³/mol. The molecule has 1 aromatic heterocycles. The Hall–Kier alpha value is -2.78. The molecule has 0 unspecified atom stereocenters. The van der Waals surface area contributed by atoms with Gasteiger partial charge in [0.05, 0.1) is 5.75 Å². The first-order valence-electron chi connectivity index (χ1n) is 9.94. The number of nitrogens with one attached hydrogen (secondary N) is 2. The predicted octanol–water partition coefficient (Wildman–Crippen LogP) is 1.77. The van der Waals surface area contributed by atoms with E-state index in [9.17, 15) is 18.0 Å². The van der Waals surface area contributed by atoms with Gasteiger partial charge in [-0.15, -0.1) is 0 Å². The summed E-state index contributed by atoms with van der Waals surface area (Å²) < 4.78 is 26.7. The van der Waals surface area contributed by atoms with Gasteiger partial charge in [-0.05, 0) is 30.5 Å². The van der Waals surface area contributed by atoms with Crippen LogP contribution in [0, 0.1) is 5.92 Å². The SMILES string of the molecule is O=C(CCNC(=O)C1CCN(S(=O)(=O)Cc2ccccc2)CC1)Nc1ccccn1. The molecule has 1 aromatic carbocycles. The number of benzene rings is 1. The van der Waals surface area contributed by atoms with Crippen molar-refractivity contribution in [2.24, 2.45) is 5.92 Å². The first-order valence-corrected chi connectivity index (χ1v) is 11.6. The molecule has 0 spiro atoms. The lowest BCUT2D eigenvalue weighted by Gasteiger charge is -2.30. The van der Waals surface area contributed by atoms with Crippen LogP contribution in [0.1, 0.15) is 24.8 Å². The van der Waals surface area contributed by atoms with Gasteiger partial charge in [-0.25, -0.2) is 17.7 Å². The second kappa shape index (κ2) is 10.3. The molecular weight excluding hydrogens is 404 g/mol. The lowest BCUT2D eigenvalue weighted by atomic mass is 9.97. The van der Waals surface area contributed by atoms with Crippen molar-refractivity contribution < 1.29 is 18.0 Å². The molecule has 9 heteroatoms. The second-order valence-electron chi connectivity index (χ2n) is 7.22. The van der Waals surface area contributed by atoms with Gasteiger partial charge in [0, 0.05) is 38.2 Å². The van der Waals surface area contributed by atoms with Crippen LogP contribution in [0.25, 0.3) is 0 Å². The van der Waals surface area contributed by atoms with Crippen LogP contribution in [0.4, 0.5) is 5.82 Å². The van der Waals surface area contributed by atoms with Gasteiger partial charge in [0.1, 0.15) is 5.82 Å². The van der Waals surface area contributed by atoms with E-state index in [0.29, 0.717) is 31.7 Å². The van der Waals surface area contributed by atoms with Crippen molar-refractivity contribution in [2.45, 2.75) is 25.0 Å². The minimum atomic E-state index is -3.40. The number of sulfonamides is 1. The standard InChI is InChI=1S/C21H26N4O4S/c26-20(24-19-8-4-5-12-22-19)9-13-23-21(27)18-10-14-25(15-11-18)30(28,29)16-17-6-2-1-3-7-17/h1-8,12,18H,9-11,13-16H2,(H,23,27)(H,22,24,26). The Labute approximate surface area is 176 Å². The van der Waals surface area contributed by atoms with Crippen molar-refractivity contribution in [1.29, 1.82) is 0 Å². The smallest absolute Gasteiger partial charge is 0.227 e. The summed E-state index contributed by atoms with van der Waals surface area (Å²) in [5, 5.41) is 5.44. The quantitative estimate of drug-likeness (QED) is 0.664. The molecule has 0 saturated carbocycles. The molecule has 2 amide bonds. The molecule has 1 aliphatic rings. The van der Waals surface area contributed by atoms with Crippen molar-refractivity contribution in [2.75, 3.05) is 25.0 Å². The largest absolute Gasteiger partial charge is 0.355 e. The number of carbonyl (C=O) groups is 2. The maximum absolute atomic E-state index is 12.6. The van der Waals surface area contributed by atoms with E-state index in [1.54, 1.807) is 36.5 Å². The van der Waals surface area contributed by atoms with E-state index in [-0.39, 0.29) is 36.5 Å². The number of nitrogens with zero attached hydrogens (tertiary/aromatic N) is 2. The minimum absolute atomic E-state index is 0.0317. The normalized spacial score (nSPS) is 15.5. The zero-order valence-electron chi connectivity index (χ0n) is 16.7. The number of carbonyl (C=O) groups excluding carboxylic acids is 2. The number of piperidine rings is 1. The average molecular weight is 431 g/mol. The van der Waals surface area contributed by atoms with E-state index in [1.165, 1.54) is 4.31 Å². The molecule has 0 bridgehead atoms. The third-order valence-corrected chi connectivity index (χ3v) is 6.84. The second-order valence-corrected chi connectivity index (χ2v) is 9.19. The molecule has 0 radical (unpaired) electrons. The summed E-state index contributed by atoms with van der Waals surface area (Å²) >= 11 is 0. The molecule has 1 aliphatic heterocycles. The maximum atomic E-state index is 12.6. The topological polar surface area (TPSA) is 108 Å². The fourth-order valence-corrected chi connectivity index (χ4v) is 4.92. The Morgan fingerprint density at radius 3 is 2.40 bits per heavy atom. The number of anilines is 1. The summed E-state index contributed by atoms with van der Waals surface area (Å²) in [5.74, 6) is -0.169. The van der Waals surface area contributed by atoms with Crippen molar-refractivity contribution in [3.8, 4) is 0 Å². The average Bonchev–Trinajstić information content (AvgIpc) is 2.75. The van der Waals surface area contributed by atoms with Crippen molar-refractivity contribution in [3.05, 3.63) is 60.3 Å². The summed E-state index contributed by atoms with van der Waals surface area (Å²) in [6.07, 6.45) is 2.68. The van der Waals surface area contributed by atoms with Gasteiger partial charge in [0.25, 0.3) is 0 Å². The van der Waals surface area contributed by atoms with Gasteiger partial charge in [-0.1, -0.05) is 36.4 Å². The van der Waals surface area contributed by atoms with Crippen molar-refractivity contribution >= 4 is 27.7 Å². The number of amides is 2. The highest BCUT2D eigenvalue weighted by Gasteiger charge is 2.31. The third kappa shape index (κ3) is 6.36. The van der Waals surface area contributed by atoms with Gasteiger partial charge in [0.2, 0.25) is 21.8 Å². The summed E-state index contributed by atoms with van der Waals surface area (Å²) in [5.41, 5.74) is 0.751. The molecule has 2 N–H and O–H groups in total.